The van der Waals surface area contributed by atoms with E-state index in [-0.39, 0.29) is 46.3 Å². The van der Waals surface area contributed by atoms with E-state index in [2.05, 4.69) is 37.9 Å². The average Bonchev–Trinajstić information content (AvgIpc) is 2.56. The van der Waals surface area contributed by atoms with Crippen molar-refractivity contribution in [1.29, 1.82) is 0 Å². The van der Waals surface area contributed by atoms with Gasteiger partial charge in [0.2, 0.25) is 0 Å². The predicted octanol–water partition coefficient (Wildman–Crippen LogP) is 6.62. The molecule has 9 heteroatoms. The third-order valence-corrected chi connectivity index (χ3v) is 3.82. The van der Waals surface area contributed by atoms with E-state index in [0.717, 1.165) is 23.1 Å². The van der Waals surface area contributed by atoms with Gasteiger partial charge < -0.3 is 16.0 Å². The third-order valence-electron chi connectivity index (χ3n) is 2.85. The maximum absolute atomic E-state index is 12.6. The third kappa shape index (κ3) is 9.81. The van der Waals surface area contributed by atoms with Gasteiger partial charge in [-0.1, -0.05) is 23.5 Å². The maximum atomic E-state index is 12.6. The first kappa shape index (κ1) is 27.5. The molecule has 3 nitrogen and oxygen atoms in total. The van der Waals surface area contributed by atoms with Crippen LogP contribution in [0.25, 0.3) is 0 Å². The second kappa shape index (κ2) is 12.9. The van der Waals surface area contributed by atoms with Crippen LogP contribution in [-0.4, -0.2) is 5.91 Å². The van der Waals surface area contributed by atoms with Crippen LogP contribution >= 0.6 is 23.5 Å². The van der Waals surface area contributed by atoms with Gasteiger partial charge >= 0.3 is 6.18 Å². The molecule has 0 saturated carbocycles. The van der Waals surface area contributed by atoms with Crippen molar-refractivity contribution in [3.8, 4) is 0 Å². The van der Waals surface area contributed by atoms with E-state index in [1.54, 1.807) is 24.3 Å². The van der Waals surface area contributed by atoms with Crippen molar-refractivity contribution in [3.63, 3.8) is 0 Å². The molecule has 0 saturated heterocycles. The van der Waals surface area contributed by atoms with Crippen LogP contribution in [0.1, 0.15) is 36.7 Å². The molecule has 0 bridgehead atoms. The van der Waals surface area contributed by atoms with Crippen LogP contribution in [-0.2, 0) is 6.18 Å². The van der Waals surface area contributed by atoms with Crippen LogP contribution in [0.2, 0.25) is 5.02 Å². The molecule has 0 aromatic heterocycles. The summed E-state index contributed by atoms with van der Waals surface area (Å²) in [5, 5.41) is 2.30. The van der Waals surface area contributed by atoms with Gasteiger partial charge in [0.1, 0.15) is 0 Å². The van der Waals surface area contributed by atoms with Gasteiger partial charge in [0.05, 0.1) is 16.3 Å². The Kier molecular flexibility index (Phi) is 12.7. The number of rotatable bonds is 4. The van der Waals surface area contributed by atoms with Crippen molar-refractivity contribution in [2.24, 2.45) is 0 Å². The second-order valence-corrected chi connectivity index (χ2v) is 7.29. The number of alkyl halides is 3. The van der Waals surface area contributed by atoms with Gasteiger partial charge in [-0.3, -0.25) is 11.8 Å². The molecule has 2 N–H and O–H groups in total. The Balaban J connectivity index is 0.00000133. The summed E-state index contributed by atoms with van der Waals surface area (Å²) in [5.41, 5.74) is -0.403. The van der Waals surface area contributed by atoms with Crippen LogP contribution < -0.4 is 10.0 Å². The largest absolute Gasteiger partial charge is 0.416 e. The Hall–Kier alpha value is -0.505. The fourth-order valence-electron chi connectivity index (χ4n) is 1.74. The zero-order chi connectivity index (χ0) is 20.6. The number of carbonyl (C=O) groups excluding carboxylic acids is 1. The Morgan fingerprint density at radius 2 is 1.64 bits per heavy atom. The first-order valence-electron chi connectivity index (χ1n) is 7.78. The Bertz CT molecular complexity index is 753. The van der Waals surface area contributed by atoms with Gasteiger partial charge in [-0.25, -0.2) is 0 Å². The molecular formula is C19H20ClF3LaN2OS-2. The van der Waals surface area contributed by atoms with E-state index in [0.29, 0.717) is 5.56 Å². The minimum atomic E-state index is -4.48. The van der Waals surface area contributed by atoms with Crippen molar-refractivity contribution >= 4 is 35.1 Å². The average molecular weight is 556 g/mol. The molecular weight excluding hydrogens is 536 g/mol. The number of hydrogen-bond donors (Lipinski definition) is 2. The fourth-order valence-corrected chi connectivity index (χ4v) is 2.41. The molecule has 0 fully saturated rings. The summed E-state index contributed by atoms with van der Waals surface area (Å²) < 4.78 is 40.4. The number of nitrogens with one attached hydrogen (secondary N) is 2. The van der Waals surface area contributed by atoms with Crippen molar-refractivity contribution in [2.75, 3.05) is 5.32 Å². The van der Waals surface area contributed by atoms with Gasteiger partial charge in [0.15, 0.2) is 0 Å². The minimum Gasteiger partial charge on any atom is -0.414 e. The van der Waals surface area contributed by atoms with Crippen molar-refractivity contribution in [3.05, 3.63) is 71.6 Å². The van der Waals surface area contributed by atoms with E-state index >= 15 is 0 Å². The SMILES string of the molecule is C[C-](C)C.[CH2-]NSc1ccc(C(=O)Nc2ccc(C(F)(F)F)cc2Cl)cc1.[La]. The summed E-state index contributed by atoms with van der Waals surface area (Å²) in [4.78, 5) is 13.0. The van der Waals surface area contributed by atoms with Gasteiger partial charge in [0.25, 0.3) is 5.91 Å². The molecule has 1 radical (unpaired) electrons. The Morgan fingerprint density at radius 3 is 2.07 bits per heavy atom. The molecule has 0 aliphatic carbocycles. The van der Waals surface area contributed by atoms with Crippen molar-refractivity contribution in [2.45, 2.75) is 31.8 Å². The molecule has 0 atom stereocenters. The zero-order valence-electron chi connectivity index (χ0n) is 15.7. The second-order valence-electron chi connectivity index (χ2n) is 5.92. The zero-order valence-corrected chi connectivity index (χ0v) is 20.9. The Morgan fingerprint density at radius 1 is 1.11 bits per heavy atom. The van der Waals surface area contributed by atoms with Crippen LogP contribution in [0.15, 0.2) is 47.4 Å². The van der Waals surface area contributed by atoms with Gasteiger partial charge in [-0.15, -0.1) is 0 Å². The summed E-state index contributed by atoms with van der Waals surface area (Å²) in [6, 6.07) is 9.37. The quantitative estimate of drug-likeness (QED) is 0.329. The number of anilines is 1. The molecule has 151 valence electrons. The van der Waals surface area contributed by atoms with E-state index < -0.39 is 17.6 Å². The normalized spacial score (nSPS) is 10.6. The topological polar surface area (TPSA) is 41.1 Å². The van der Waals surface area contributed by atoms with E-state index in [1.165, 1.54) is 17.9 Å². The summed E-state index contributed by atoms with van der Waals surface area (Å²) >= 11 is 7.09. The van der Waals surface area contributed by atoms with E-state index in [9.17, 15) is 18.0 Å². The molecule has 2 aromatic carbocycles. The summed E-state index contributed by atoms with van der Waals surface area (Å²) in [6.45, 7) is 6.25. The molecule has 0 spiro atoms. The van der Waals surface area contributed by atoms with Crippen LogP contribution in [0.3, 0.4) is 0 Å². The number of amides is 1. The van der Waals surface area contributed by atoms with Gasteiger partial charge in [-0.05, 0) is 42.5 Å². The molecule has 2 aromatic rings. The van der Waals surface area contributed by atoms with Crippen LogP contribution in [0.5, 0.6) is 0 Å². The van der Waals surface area contributed by atoms with E-state index in [4.69, 9.17) is 11.6 Å². The number of halogens is 4. The smallest absolute Gasteiger partial charge is 0.414 e. The van der Waals surface area contributed by atoms with Crippen LogP contribution in [0.4, 0.5) is 18.9 Å². The Labute approximate surface area is 200 Å². The van der Waals surface area contributed by atoms with E-state index in [1.807, 2.05) is 0 Å². The number of hydrogen-bond acceptors (Lipinski definition) is 3. The number of benzene rings is 2. The van der Waals surface area contributed by atoms with Crippen molar-refractivity contribution < 1.29 is 53.6 Å². The number of carbonyl (C=O) groups is 1. The van der Waals surface area contributed by atoms with Crippen LogP contribution in [0, 0.1) is 48.6 Å². The maximum Gasteiger partial charge on any atom is 0.416 e. The molecule has 28 heavy (non-hydrogen) atoms. The summed E-state index contributed by atoms with van der Waals surface area (Å²) in [7, 11) is 3.47. The minimum absolute atomic E-state index is 0. The monoisotopic (exact) mass is 555 g/mol. The molecule has 0 aliphatic rings. The summed E-state index contributed by atoms with van der Waals surface area (Å²) in [6.07, 6.45) is -4.48. The van der Waals surface area contributed by atoms with Gasteiger partial charge in [0, 0.05) is 46.1 Å². The predicted molar refractivity (Wildman–Crippen MR) is 105 cm³/mol. The molecule has 0 aliphatic heterocycles. The molecule has 0 heterocycles. The fraction of sp³-hybridized carbons (Fsp3) is 0.211. The molecule has 0 unspecified atom stereocenters. The molecule has 1 amide bonds. The van der Waals surface area contributed by atoms with Crippen molar-refractivity contribution in [1.82, 2.24) is 4.72 Å². The van der Waals surface area contributed by atoms with Gasteiger partial charge in [-0.2, -0.15) is 33.9 Å². The summed E-state index contributed by atoms with van der Waals surface area (Å²) in [5.74, 6) is 0.950. The standard InChI is InChI=1S/C15H11ClF3N2OS.C4H9.La/c1-20-23-11-5-2-9(3-6-11)14(22)21-13-7-4-10(8-12(13)16)15(17,18)19;1-4(2)3;/h2-8,20H,1H2,(H,21,22);1-3H3;/q2*-1;. The first-order valence-corrected chi connectivity index (χ1v) is 8.98. The molecule has 2 rings (SSSR count). The first-order chi connectivity index (χ1) is 12.5.